The number of piperazine rings is 1. The molecule has 1 heterocycles. The average Bonchev–Trinajstić information content (AvgIpc) is 2.73. The van der Waals surface area contributed by atoms with E-state index in [1.165, 1.54) is 0 Å². The lowest BCUT2D eigenvalue weighted by atomic mass is 10.1. The molecule has 6 nitrogen and oxygen atoms in total. The number of hydrogen-bond donors (Lipinski definition) is 0. The van der Waals surface area contributed by atoms with Crippen molar-refractivity contribution in [1.82, 2.24) is 9.21 Å². The van der Waals surface area contributed by atoms with Gasteiger partial charge in [-0.05, 0) is 50.1 Å². The highest BCUT2D eigenvalue weighted by Gasteiger charge is 2.28. The van der Waals surface area contributed by atoms with Crippen molar-refractivity contribution < 1.29 is 17.9 Å². The van der Waals surface area contributed by atoms with E-state index in [1.807, 2.05) is 31.2 Å². The van der Waals surface area contributed by atoms with Crippen LogP contribution >= 0.6 is 0 Å². The van der Waals surface area contributed by atoms with Crippen LogP contribution in [0.2, 0.25) is 0 Å². The highest BCUT2D eigenvalue weighted by molar-refractivity contribution is 7.89. The fourth-order valence-corrected chi connectivity index (χ4v) is 4.78. The number of aryl methyl sites for hydroxylation is 1. The summed E-state index contributed by atoms with van der Waals surface area (Å²) in [6, 6.07) is 14.5. The molecule has 0 N–H and O–H groups in total. The van der Waals surface area contributed by atoms with E-state index in [0.717, 1.165) is 24.1 Å². The second kappa shape index (κ2) is 9.52. The third kappa shape index (κ3) is 5.44. The summed E-state index contributed by atoms with van der Waals surface area (Å²) < 4.78 is 32.1. The molecule has 7 heteroatoms. The molecule has 1 fully saturated rings. The van der Waals surface area contributed by atoms with Gasteiger partial charge in [0.15, 0.2) is 0 Å². The van der Waals surface area contributed by atoms with Crippen LogP contribution in [0, 0.1) is 6.92 Å². The van der Waals surface area contributed by atoms with Crippen molar-refractivity contribution in [3.05, 3.63) is 65.2 Å². The Hall–Kier alpha value is -2.22. The summed E-state index contributed by atoms with van der Waals surface area (Å²) >= 11 is 0. The lowest BCUT2D eigenvalue weighted by Crippen LogP contribution is -2.48. The van der Waals surface area contributed by atoms with E-state index < -0.39 is 10.0 Å². The molecule has 1 saturated heterocycles. The van der Waals surface area contributed by atoms with Gasteiger partial charge in [0, 0.05) is 32.7 Å². The Morgan fingerprint density at radius 2 is 1.59 bits per heavy atom. The van der Waals surface area contributed by atoms with Crippen molar-refractivity contribution in [3.63, 3.8) is 0 Å². The molecular formula is C22H28N2O4S. The fourth-order valence-electron chi connectivity index (χ4n) is 3.36. The molecule has 0 aromatic heterocycles. The Morgan fingerprint density at radius 3 is 2.17 bits per heavy atom. The molecule has 0 spiro atoms. The molecule has 156 valence electrons. The summed E-state index contributed by atoms with van der Waals surface area (Å²) in [5.41, 5.74) is 2.75. The first-order chi connectivity index (χ1) is 13.9. The van der Waals surface area contributed by atoms with Crippen molar-refractivity contribution in [1.29, 1.82) is 0 Å². The van der Waals surface area contributed by atoms with Crippen LogP contribution in [0.15, 0.2) is 53.4 Å². The highest BCUT2D eigenvalue weighted by Crippen LogP contribution is 2.18. The van der Waals surface area contributed by atoms with Gasteiger partial charge in [0.1, 0.15) is 0 Å². The van der Waals surface area contributed by atoms with Crippen LogP contribution in [0.3, 0.4) is 0 Å². The van der Waals surface area contributed by atoms with Crippen molar-refractivity contribution in [2.75, 3.05) is 39.3 Å². The molecule has 1 aliphatic rings. The topological polar surface area (TPSA) is 66.9 Å². The van der Waals surface area contributed by atoms with E-state index in [0.29, 0.717) is 43.2 Å². The van der Waals surface area contributed by atoms with Crippen LogP contribution in [0.4, 0.5) is 0 Å². The number of hydrogen-bond acceptors (Lipinski definition) is 5. The second-order valence-electron chi connectivity index (χ2n) is 7.23. The van der Waals surface area contributed by atoms with Crippen LogP contribution in [-0.4, -0.2) is 62.9 Å². The van der Waals surface area contributed by atoms with Gasteiger partial charge < -0.3 is 9.64 Å². The first-order valence-electron chi connectivity index (χ1n) is 9.95. The zero-order valence-corrected chi connectivity index (χ0v) is 17.8. The molecule has 0 saturated carbocycles. The van der Waals surface area contributed by atoms with Crippen molar-refractivity contribution in [2.45, 2.75) is 25.2 Å². The Labute approximate surface area is 173 Å². The number of nitrogens with zero attached hydrogens (tertiary/aromatic N) is 2. The number of sulfonamides is 1. The van der Waals surface area contributed by atoms with Crippen LogP contribution in [0.5, 0.6) is 0 Å². The smallest absolute Gasteiger partial charge is 0.338 e. The van der Waals surface area contributed by atoms with Crippen molar-refractivity contribution in [2.24, 2.45) is 0 Å². The van der Waals surface area contributed by atoms with Gasteiger partial charge in [-0.1, -0.05) is 29.8 Å². The Bertz CT molecular complexity index is 916. The molecule has 0 unspecified atom stereocenters. The zero-order valence-electron chi connectivity index (χ0n) is 17.0. The van der Waals surface area contributed by atoms with Crippen LogP contribution in [-0.2, 0) is 21.2 Å². The van der Waals surface area contributed by atoms with Gasteiger partial charge in [-0.2, -0.15) is 4.31 Å². The summed E-state index contributed by atoms with van der Waals surface area (Å²) in [6.07, 6.45) is 0.855. The minimum Gasteiger partial charge on any atom is -0.462 e. The Kier molecular flexibility index (Phi) is 7.05. The van der Waals surface area contributed by atoms with E-state index in [4.69, 9.17) is 4.74 Å². The minimum absolute atomic E-state index is 0.301. The highest BCUT2D eigenvalue weighted by atomic mass is 32.2. The predicted molar refractivity (Wildman–Crippen MR) is 112 cm³/mol. The molecular weight excluding hydrogens is 388 g/mol. The van der Waals surface area contributed by atoms with Crippen LogP contribution in [0.1, 0.15) is 28.4 Å². The monoisotopic (exact) mass is 416 g/mol. The molecule has 0 amide bonds. The Morgan fingerprint density at radius 1 is 0.966 bits per heavy atom. The van der Waals surface area contributed by atoms with Gasteiger partial charge in [-0.3, -0.25) is 0 Å². The lowest BCUT2D eigenvalue weighted by molar-refractivity contribution is 0.0526. The van der Waals surface area contributed by atoms with E-state index in [-0.39, 0.29) is 5.97 Å². The number of esters is 1. The molecule has 2 aromatic rings. The SMILES string of the molecule is CCOC(=O)c1ccc(CCN2CCN(S(=O)(=O)c3ccc(C)cc3)CC2)cc1. The summed E-state index contributed by atoms with van der Waals surface area (Å²) in [4.78, 5) is 14.3. The van der Waals surface area contributed by atoms with Gasteiger partial charge in [-0.15, -0.1) is 0 Å². The molecule has 29 heavy (non-hydrogen) atoms. The first-order valence-corrected chi connectivity index (χ1v) is 11.4. The average molecular weight is 417 g/mol. The largest absolute Gasteiger partial charge is 0.462 e. The number of benzene rings is 2. The molecule has 1 aliphatic heterocycles. The normalized spacial score (nSPS) is 15.9. The Balaban J connectivity index is 1.50. The molecule has 0 atom stereocenters. The van der Waals surface area contributed by atoms with Crippen molar-refractivity contribution in [3.8, 4) is 0 Å². The maximum atomic E-state index is 12.8. The molecule has 3 rings (SSSR count). The predicted octanol–water partition coefficient (Wildman–Crippen LogP) is 2.72. The van der Waals surface area contributed by atoms with Gasteiger partial charge >= 0.3 is 5.97 Å². The standard InChI is InChI=1S/C22H28N2O4S/c1-3-28-22(25)20-8-6-19(7-9-20)12-13-23-14-16-24(17-15-23)29(26,27)21-10-4-18(2)5-11-21/h4-11H,3,12-17H2,1-2H3. The number of carbonyl (C=O) groups excluding carboxylic acids is 1. The third-order valence-corrected chi connectivity index (χ3v) is 7.08. The van der Waals surface area contributed by atoms with E-state index >= 15 is 0 Å². The molecule has 0 bridgehead atoms. The number of carbonyl (C=O) groups is 1. The second-order valence-corrected chi connectivity index (χ2v) is 9.16. The van der Waals surface area contributed by atoms with Gasteiger partial charge in [0.25, 0.3) is 0 Å². The summed E-state index contributed by atoms with van der Waals surface area (Å²) in [5, 5.41) is 0. The van der Waals surface area contributed by atoms with E-state index in [9.17, 15) is 13.2 Å². The maximum absolute atomic E-state index is 12.8. The first kappa shape index (κ1) is 21.5. The summed E-state index contributed by atoms with van der Waals surface area (Å²) in [6.45, 7) is 7.38. The minimum atomic E-state index is -3.42. The quantitative estimate of drug-likeness (QED) is 0.650. The zero-order chi connectivity index (χ0) is 20.9. The molecule has 2 aromatic carbocycles. The lowest BCUT2D eigenvalue weighted by Gasteiger charge is -2.34. The molecule has 0 aliphatic carbocycles. The van der Waals surface area contributed by atoms with E-state index in [1.54, 1.807) is 35.5 Å². The van der Waals surface area contributed by atoms with Gasteiger partial charge in [0.2, 0.25) is 10.0 Å². The summed E-state index contributed by atoms with van der Waals surface area (Å²) in [7, 11) is -3.42. The van der Waals surface area contributed by atoms with Crippen LogP contribution < -0.4 is 0 Å². The summed E-state index contributed by atoms with van der Waals surface area (Å²) in [5.74, 6) is -0.301. The number of rotatable bonds is 7. The van der Waals surface area contributed by atoms with Gasteiger partial charge in [0.05, 0.1) is 17.1 Å². The van der Waals surface area contributed by atoms with Crippen LogP contribution in [0.25, 0.3) is 0 Å². The number of ether oxygens (including phenoxy) is 1. The fraction of sp³-hybridized carbons (Fsp3) is 0.409. The molecule has 0 radical (unpaired) electrons. The van der Waals surface area contributed by atoms with Gasteiger partial charge in [-0.25, -0.2) is 13.2 Å². The van der Waals surface area contributed by atoms with E-state index in [2.05, 4.69) is 4.90 Å². The maximum Gasteiger partial charge on any atom is 0.338 e. The van der Waals surface area contributed by atoms with Crippen molar-refractivity contribution >= 4 is 16.0 Å². The third-order valence-electron chi connectivity index (χ3n) is 5.17.